The van der Waals surface area contributed by atoms with Gasteiger partial charge < -0.3 is 9.84 Å². The van der Waals surface area contributed by atoms with Crippen molar-refractivity contribution in [2.45, 2.75) is 26.4 Å². The summed E-state index contributed by atoms with van der Waals surface area (Å²) in [5, 5.41) is 10.9. The molecule has 0 aliphatic rings. The summed E-state index contributed by atoms with van der Waals surface area (Å²) in [6.07, 6.45) is 0. The third-order valence-electron chi connectivity index (χ3n) is 3.42. The Hall–Kier alpha value is -1.80. The molecule has 2 aromatic carbocycles. The van der Waals surface area contributed by atoms with Gasteiger partial charge in [-0.15, -0.1) is 0 Å². The minimum absolute atomic E-state index is 0.752. The van der Waals surface area contributed by atoms with Crippen LogP contribution in [0.4, 0.5) is 0 Å². The monoisotopic (exact) mass is 256 g/mol. The van der Waals surface area contributed by atoms with Crippen molar-refractivity contribution >= 4 is 0 Å². The van der Waals surface area contributed by atoms with E-state index in [-0.39, 0.29) is 0 Å². The number of benzene rings is 2. The minimum Gasteiger partial charge on any atom is -0.497 e. The van der Waals surface area contributed by atoms with Crippen molar-refractivity contribution in [3.05, 3.63) is 64.7 Å². The van der Waals surface area contributed by atoms with Gasteiger partial charge in [0, 0.05) is 0 Å². The van der Waals surface area contributed by atoms with Gasteiger partial charge in [0.2, 0.25) is 0 Å². The fourth-order valence-corrected chi connectivity index (χ4v) is 2.35. The first-order valence-corrected chi connectivity index (χ1v) is 6.39. The highest BCUT2D eigenvalue weighted by Crippen LogP contribution is 2.32. The summed E-state index contributed by atoms with van der Waals surface area (Å²) in [7, 11) is 1.63. The van der Waals surface area contributed by atoms with Crippen LogP contribution in [0.15, 0.2) is 42.5 Å². The first-order chi connectivity index (χ1) is 8.93. The summed E-state index contributed by atoms with van der Waals surface area (Å²) in [6, 6.07) is 13.7. The number of aliphatic hydroxyl groups is 1. The van der Waals surface area contributed by atoms with Crippen molar-refractivity contribution in [1.82, 2.24) is 0 Å². The average Bonchev–Trinajstić information content (AvgIpc) is 2.37. The Morgan fingerprint density at radius 1 is 0.947 bits per heavy atom. The van der Waals surface area contributed by atoms with Gasteiger partial charge in [-0.2, -0.15) is 0 Å². The Kier molecular flexibility index (Phi) is 3.63. The largest absolute Gasteiger partial charge is 0.497 e. The zero-order chi connectivity index (χ0) is 14.0. The molecule has 2 nitrogen and oxygen atoms in total. The van der Waals surface area contributed by atoms with Gasteiger partial charge in [-0.3, -0.25) is 0 Å². The maximum atomic E-state index is 10.9. The number of hydrogen-bond acceptors (Lipinski definition) is 2. The molecule has 0 saturated heterocycles. The molecule has 0 aliphatic carbocycles. The Morgan fingerprint density at radius 3 is 2.16 bits per heavy atom. The van der Waals surface area contributed by atoms with E-state index in [1.165, 1.54) is 0 Å². The second-order valence-electron chi connectivity index (χ2n) is 5.18. The molecule has 1 N–H and O–H groups in total. The number of aryl methyl sites for hydroxylation is 2. The highest BCUT2D eigenvalue weighted by atomic mass is 16.5. The van der Waals surface area contributed by atoms with E-state index < -0.39 is 5.60 Å². The maximum Gasteiger partial charge on any atom is 0.119 e. The number of hydrogen-bond donors (Lipinski definition) is 1. The zero-order valence-corrected chi connectivity index (χ0v) is 11.9. The predicted octanol–water partition coefficient (Wildman–Crippen LogP) is 3.57. The lowest BCUT2D eigenvalue weighted by atomic mass is 9.86. The Labute approximate surface area is 114 Å². The molecule has 0 fully saturated rings. The smallest absolute Gasteiger partial charge is 0.119 e. The van der Waals surface area contributed by atoms with E-state index in [1.807, 2.05) is 57.2 Å². The second kappa shape index (κ2) is 5.06. The molecule has 19 heavy (non-hydrogen) atoms. The summed E-state index contributed by atoms with van der Waals surface area (Å²) >= 11 is 0. The molecule has 1 atom stereocenters. The van der Waals surface area contributed by atoms with E-state index in [1.54, 1.807) is 7.11 Å². The third kappa shape index (κ3) is 2.79. The molecule has 0 spiro atoms. The molecule has 0 saturated carbocycles. The summed E-state index contributed by atoms with van der Waals surface area (Å²) in [6.45, 7) is 5.90. The molecule has 0 aromatic heterocycles. The topological polar surface area (TPSA) is 29.5 Å². The zero-order valence-electron chi connectivity index (χ0n) is 11.9. The molecule has 100 valence electrons. The van der Waals surface area contributed by atoms with Crippen molar-refractivity contribution in [2.24, 2.45) is 0 Å². The SMILES string of the molecule is COc1cccc(C(C)(O)c2cc(C)cc(C)c2)c1. The van der Waals surface area contributed by atoms with Crippen molar-refractivity contribution in [3.63, 3.8) is 0 Å². The molecule has 2 rings (SSSR count). The van der Waals surface area contributed by atoms with Gasteiger partial charge in [-0.1, -0.05) is 41.5 Å². The van der Waals surface area contributed by atoms with E-state index in [4.69, 9.17) is 4.74 Å². The van der Waals surface area contributed by atoms with Crippen molar-refractivity contribution < 1.29 is 9.84 Å². The summed E-state index contributed by atoms with van der Waals surface area (Å²) in [4.78, 5) is 0. The van der Waals surface area contributed by atoms with E-state index in [2.05, 4.69) is 6.07 Å². The van der Waals surface area contributed by atoms with Gasteiger partial charge in [-0.05, 0) is 44.0 Å². The van der Waals surface area contributed by atoms with Crippen molar-refractivity contribution in [1.29, 1.82) is 0 Å². The van der Waals surface area contributed by atoms with Crippen LogP contribution < -0.4 is 4.74 Å². The van der Waals surface area contributed by atoms with E-state index in [0.29, 0.717) is 0 Å². The average molecular weight is 256 g/mol. The van der Waals surface area contributed by atoms with Gasteiger partial charge in [-0.25, -0.2) is 0 Å². The molecule has 1 unspecified atom stereocenters. The lowest BCUT2D eigenvalue weighted by Gasteiger charge is -2.26. The summed E-state index contributed by atoms with van der Waals surface area (Å²) in [5.74, 6) is 0.752. The first kappa shape index (κ1) is 13.6. The fraction of sp³-hybridized carbons (Fsp3) is 0.294. The molecule has 0 aliphatic heterocycles. The molecule has 0 radical (unpaired) electrons. The molecular weight excluding hydrogens is 236 g/mol. The van der Waals surface area contributed by atoms with Gasteiger partial charge in [0.15, 0.2) is 0 Å². The predicted molar refractivity (Wildman–Crippen MR) is 77.6 cm³/mol. The molecule has 2 heteroatoms. The van der Waals surface area contributed by atoms with Crippen LogP contribution in [-0.4, -0.2) is 12.2 Å². The third-order valence-corrected chi connectivity index (χ3v) is 3.42. The molecule has 0 amide bonds. The Morgan fingerprint density at radius 2 is 1.58 bits per heavy atom. The van der Waals surface area contributed by atoms with Crippen molar-refractivity contribution in [2.75, 3.05) is 7.11 Å². The van der Waals surface area contributed by atoms with Gasteiger partial charge in [0.05, 0.1) is 7.11 Å². The maximum absolute atomic E-state index is 10.9. The normalized spacial score (nSPS) is 13.9. The summed E-state index contributed by atoms with van der Waals surface area (Å²) < 4.78 is 5.22. The van der Waals surface area contributed by atoms with Gasteiger partial charge >= 0.3 is 0 Å². The van der Waals surface area contributed by atoms with Crippen LogP contribution >= 0.6 is 0 Å². The number of methoxy groups -OCH3 is 1. The lowest BCUT2D eigenvalue weighted by molar-refractivity contribution is 0.102. The minimum atomic E-state index is -1.02. The van der Waals surface area contributed by atoms with Crippen LogP contribution in [0.5, 0.6) is 5.75 Å². The molecule has 0 heterocycles. The lowest BCUT2D eigenvalue weighted by Crippen LogP contribution is -2.23. The Bertz CT molecular complexity index is 565. The molecule has 0 bridgehead atoms. The highest BCUT2D eigenvalue weighted by Gasteiger charge is 2.26. The van der Waals surface area contributed by atoms with Crippen molar-refractivity contribution in [3.8, 4) is 5.75 Å². The number of rotatable bonds is 3. The molecule has 2 aromatic rings. The van der Waals surface area contributed by atoms with E-state index >= 15 is 0 Å². The molecular formula is C17H20O2. The van der Waals surface area contributed by atoms with Crippen LogP contribution in [0, 0.1) is 13.8 Å². The Balaban J connectivity index is 2.50. The van der Waals surface area contributed by atoms with Gasteiger partial charge in [0.25, 0.3) is 0 Å². The first-order valence-electron chi connectivity index (χ1n) is 6.39. The standard InChI is InChI=1S/C17H20O2/c1-12-8-13(2)10-15(9-12)17(3,18)14-6-5-7-16(11-14)19-4/h5-11,18H,1-4H3. The van der Waals surface area contributed by atoms with Crippen LogP contribution in [0.2, 0.25) is 0 Å². The fourth-order valence-electron chi connectivity index (χ4n) is 2.35. The highest BCUT2D eigenvalue weighted by molar-refractivity contribution is 5.41. The summed E-state index contributed by atoms with van der Waals surface area (Å²) in [5.41, 5.74) is 3.01. The second-order valence-corrected chi connectivity index (χ2v) is 5.18. The van der Waals surface area contributed by atoms with E-state index in [9.17, 15) is 5.11 Å². The van der Waals surface area contributed by atoms with Crippen LogP contribution in [0.25, 0.3) is 0 Å². The van der Waals surface area contributed by atoms with Crippen LogP contribution in [-0.2, 0) is 5.60 Å². The number of ether oxygens (including phenoxy) is 1. The quantitative estimate of drug-likeness (QED) is 0.909. The van der Waals surface area contributed by atoms with Crippen LogP contribution in [0.1, 0.15) is 29.2 Å². The van der Waals surface area contributed by atoms with E-state index in [0.717, 1.165) is 28.0 Å². The van der Waals surface area contributed by atoms with Gasteiger partial charge in [0.1, 0.15) is 11.4 Å². The van der Waals surface area contributed by atoms with Crippen LogP contribution in [0.3, 0.4) is 0 Å².